The molecule has 1 aliphatic rings. The highest BCUT2D eigenvalue weighted by Crippen LogP contribution is 2.42. The van der Waals surface area contributed by atoms with Crippen molar-refractivity contribution >= 4 is 11.0 Å². The maximum atomic E-state index is 11.9. The first-order valence-corrected chi connectivity index (χ1v) is 6.78. The Morgan fingerprint density at radius 1 is 1.25 bits per heavy atom. The summed E-state index contributed by atoms with van der Waals surface area (Å²) in [4.78, 5) is 11.9. The van der Waals surface area contributed by atoms with Crippen molar-refractivity contribution in [3.05, 3.63) is 33.2 Å². The van der Waals surface area contributed by atoms with E-state index in [4.69, 9.17) is 9.15 Å². The van der Waals surface area contributed by atoms with Crippen LogP contribution in [0.3, 0.4) is 0 Å². The van der Waals surface area contributed by atoms with Crippen LogP contribution in [-0.2, 0) is 6.42 Å². The fourth-order valence-electron chi connectivity index (χ4n) is 2.75. The van der Waals surface area contributed by atoms with E-state index in [1.54, 1.807) is 13.0 Å². The molecule has 0 radical (unpaired) electrons. The zero-order valence-electron chi connectivity index (χ0n) is 12.2. The standard InChI is InChI=1S/C16H18O4/c1-8-9(2)15(18)19-14-10-5-6-16(3,4)20-12(10)7-11(17)13(8)14/h7,17H,5-6H2,1-4H3. The van der Waals surface area contributed by atoms with Crippen molar-refractivity contribution in [3.8, 4) is 11.5 Å². The summed E-state index contributed by atoms with van der Waals surface area (Å²) in [5.41, 5.74) is 2.01. The van der Waals surface area contributed by atoms with Gasteiger partial charge in [0.15, 0.2) is 0 Å². The summed E-state index contributed by atoms with van der Waals surface area (Å²) in [7, 11) is 0. The smallest absolute Gasteiger partial charge is 0.339 e. The van der Waals surface area contributed by atoms with Crippen molar-refractivity contribution in [1.82, 2.24) is 0 Å². The highest BCUT2D eigenvalue weighted by atomic mass is 16.5. The Balaban J connectivity index is 2.40. The number of aromatic hydroxyl groups is 1. The molecule has 4 nitrogen and oxygen atoms in total. The molecule has 0 saturated carbocycles. The molecule has 3 rings (SSSR count). The molecule has 0 bridgehead atoms. The van der Waals surface area contributed by atoms with Crippen molar-refractivity contribution < 1.29 is 14.3 Å². The second-order valence-corrected chi connectivity index (χ2v) is 6.08. The van der Waals surface area contributed by atoms with Crippen LogP contribution in [0.4, 0.5) is 0 Å². The van der Waals surface area contributed by atoms with E-state index >= 15 is 0 Å². The molecule has 0 saturated heterocycles. The van der Waals surface area contributed by atoms with E-state index in [1.807, 2.05) is 20.8 Å². The van der Waals surface area contributed by atoms with Gasteiger partial charge in [-0.25, -0.2) is 4.79 Å². The fraction of sp³-hybridized carbons (Fsp3) is 0.438. The number of ether oxygens (including phenoxy) is 1. The van der Waals surface area contributed by atoms with E-state index in [1.165, 1.54) is 0 Å². The SMILES string of the molecule is Cc1c(C)c2c(O)cc3c(c2oc1=O)CCC(C)(C)O3. The fourth-order valence-corrected chi connectivity index (χ4v) is 2.75. The highest BCUT2D eigenvalue weighted by Gasteiger charge is 2.30. The van der Waals surface area contributed by atoms with Crippen LogP contribution < -0.4 is 10.4 Å². The van der Waals surface area contributed by atoms with Crippen LogP contribution in [0.15, 0.2) is 15.3 Å². The lowest BCUT2D eigenvalue weighted by Crippen LogP contribution is -2.32. The van der Waals surface area contributed by atoms with Gasteiger partial charge in [0, 0.05) is 17.2 Å². The molecule has 0 spiro atoms. The van der Waals surface area contributed by atoms with Crippen LogP contribution in [0, 0.1) is 13.8 Å². The van der Waals surface area contributed by atoms with Gasteiger partial charge >= 0.3 is 5.63 Å². The van der Waals surface area contributed by atoms with E-state index in [0.717, 1.165) is 24.0 Å². The van der Waals surface area contributed by atoms with Gasteiger partial charge in [0.1, 0.15) is 22.7 Å². The topological polar surface area (TPSA) is 59.7 Å². The van der Waals surface area contributed by atoms with Crippen molar-refractivity contribution in [2.45, 2.75) is 46.1 Å². The summed E-state index contributed by atoms with van der Waals surface area (Å²) in [5.74, 6) is 0.707. The minimum Gasteiger partial charge on any atom is -0.507 e. The largest absolute Gasteiger partial charge is 0.507 e. The molecular weight excluding hydrogens is 256 g/mol. The number of benzene rings is 1. The Morgan fingerprint density at radius 3 is 2.65 bits per heavy atom. The lowest BCUT2D eigenvalue weighted by Gasteiger charge is -2.33. The molecule has 1 aromatic heterocycles. The zero-order valence-corrected chi connectivity index (χ0v) is 12.2. The van der Waals surface area contributed by atoms with Gasteiger partial charge in [0.25, 0.3) is 0 Å². The molecule has 1 aliphatic heterocycles. The van der Waals surface area contributed by atoms with Gasteiger partial charge in [0.2, 0.25) is 0 Å². The molecule has 20 heavy (non-hydrogen) atoms. The maximum Gasteiger partial charge on any atom is 0.339 e. The molecule has 2 heterocycles. The summed E-state index contributed by atoms with van der Waals surface area (Å²) in [6.07, 6.45) is 1.61. The molecule has 1 aromatic carbocycles. The quantitative estimate of drug-likeness (QED) is 0.749. The number of phenols is 1. The molecule has 0 atom stereocenters. The lowest BCUT2D eigenvalue weighted by atomic mass is 9.92. The lowest BCUT2D eigenvalue weighted by molar-refractivity contribution is 0.0846. The normalized spacial score (nSPS) is 16.8. The van der Waals surface area contributed by atoms with Crippen molar-refractivity contribution in [2.24, 2.45) is 0 Å². The second-order valence-electron chi connectivity index (χ2n) is 6.08. The van der Waals surface area contributed by atoms with Crippen LogP contribution in [0.25, 0.3) is 11.0 Å². The van der Waals surface area contributed by atoms with Gasteiger partial charge in [0.05, 0.1) is 5.39 Å². The molecule has 0 aliphatic carbocycles. The highest BCUT2D eigenvalue weighted by molar-refractivity contribution is 5.91. The Labute approximate surface area is 117 Å². The van der Waals surface area contributed by atoms with Crippen LogP contribution in [-0.4, -0.2) is 10.7 Å². The summed E-state index contributed by atoms with van der Waals surface area (Å²) < 4.78 is 11.3. The van der Waals surface area contributed by atoms with Crippen LogP contribution in [0.5, 0.6) is 11.5 Å². The third kappa shape index (κ3) is 1.79. The number of aryl methyl sites for hydroxylation is 2. The zero-order chi connectivity index (χ0) is 14.7. The number of rotatable bonds is 0. The number of fused-ring (bicyclic) bond motifs is 3. The number of hydrogen-bond acceptors (Lipinski definition) is 4. The molecule has 0 fully saturated rings. The van der Waals surface area contributed by atoms with E-state index in [9.17, 15) is 9.90 Å². The monoisotopic (exact) mass is 274 g/mol. The Morgan fingerprint density at radius 2 is 1.95 bits per heavy atom. The summed E-state index contributed by atoms with van der Waals surface area (Å²) >= 11 is 0. The van der Waals surface area contributed by atoms with E-state index in [-0.39, 0.29) is 17.0 Å². The Bertz CT molecular complexity index is 768. The Hall–Kier alpha value is -1.97. The van der Waals surface area contributed by atoms with Gasteiger partial charge in [-0.3, -0.25) is 0 Å². The first kappa shape index (κ1) is 13.0. The predicted molar refractivity (Wildman–Crippen MR) is 76.7 cm³/mol. The molecule has 4 heteroatoms. The minimum absolute atomic E-state index is 0.0980. The summed E-state index contributed by atoms with van der Waals surface area (Å²) in [6.45, 7) is 7.55. The Kier molecular flexibility index (Phi) is 2.61. The second kappa shape index (κ2) is 4.01. The third-order valence-electron chi connectivity index (χ3n) is 4.12. The van der Waals surface area contributed by atoms with Gasteiger partial charge in [-0.1, -0.05) is 0 Å². The average molecular weight is 274 g/mol. The third-order valence-corrected chi connectivity index (χ3v) is 4.12. The van der Waals surface area contributed by atoms with Gasteiger partial charge in [-0.05, 0) is 46.1 Å². The number of phenolic OH excluding ortho intramolecular Hbond substituents is 1. The molecule has 106 valence electrons. The van der Waals surface area contributed by atoms with E-state index < -0.39 is 0 Å². The predicted octanol–water partition coefficient (Wildman–Crippen LogP) is 3.22. The van der Waals surface area contributed by atoms with E-state index in [0.29, 0.717) is 22.3 Å². The molecular formula is C16H18O4. The van der Waals surface area contributed by atoms with E-state index in [2.05, 4.69) is 0 Å². The maximum absolute atomic E-state index is 11.9. The molecule has 1 N–H and O–H groups in total. The number of hydrogen-bond donors (Lipinski definition) is 1. The first-order valence-electron chi connectivity index (χ1n) is 6.78. The minimum atomic E-state index is -0.354. The van der Waals surface area contributed by atoms with Crippen molar-refractivity contribution in [2.75, 3.05) is 0 Å². The van der Waals surface area contributed by atoms with Crippen molar-refractivity contribution in [1.29, 1.82) is 0 Å². The summed E-state index contributed by atoms with van der Waals surface area (Å²) in [5, 5.41) is 10.9. The molecule has 2 aromatic rings. The van der Waals surface area contributed by atoms with Crippen molar-refractivity contribution in [3.63, 3.8) is 0 Å². The molecule has 0 amide bonds. The molecule has 0 unspecified atom stereocenters. The van der Waals surface area contributed by atoms with Gasteiger partial charge in [-0.2, -0.15) is 0 Å². The van der Waals surface area contributed by atoms with Gasteiger partial charge in [-0.15, -0.1) is 0 Å². The first-order chi connectivity index (χ1) is 9.30. The van der Waals surface area contributed by atoms with Crippen LogP contribution in [0.2, 0.25) is 0 Å². The average Bonchev–Trinajstić information content (AvgIpc) is 2.34. The van der Waals surface area contributed by atoms with Crippen LogP contribution >= 0.6 is 0 Å². The van der Waals surface area contributed by atoms with Gasteiger partial charge < -0.3 is 14.3 Å². The summed E-state index contributed by atoms with van der Waals surface area (Å²) in [6, 6.07) is 1.63. The van der Waals surface area contributed by atoms with Crippen LogP contribution in [0.1, 0.15) is 37.0 Å².